The van der Waals surface area contributed by atoms with Gasteiger partial charge in [0.15, 0.2) is 0 Å². The Morgan fingerprint density at radius 3 is 2.52 bits per heavy atom. The third-order valence-electron chi connectivity index (χ3n) is 4.05. The molecular weight excluding hydrogens is 282 g/mol. The minimum atomic E-state index is -3.24. The van der Waals surface area contributed by atoms with Crippen molar-refractivity contribution >= 4 is 12.0 Å². The number of alkyl halides is 2. The number of hydrogen-bond donors (Lipinski definition) is 1. The van der Waals surface area contributed by atoms with Crippen LogP contribution in [0, 0.1) is 5.41 Å². The number of amides is 2. The van der Waals surface area contributed by atoms with Gasteiger partial charge in [-0.15, -0.1) is 0 Å². The molecule has 2 rings (SSSR count). The van der Waals surface area contributed by atoms with Gasteiger partial charge >= 0.3 is 6.09 Å². The molecule has 5 nitrogen and oxygen atoms in total. The minimum absolute atomic E-state index is 0.0366. The summed E-state index contributed by atoms with van der Waals surface area (Å²) in [6.07, 6.45) is -0.0967. The van der Waals surface area contributed by atoms with Gasteiger partial charge in [0.05, 0.1) is 6.54 Å². The first-order valence-corrected chi connectivity index (χ1v) is 7.21. The zero-order valence-corrected chi connectivity index (χ0v) is 12.7. The summed E-state index contributed by atoms with van der Waals surface area (Å²) >= 11 is 0. The molecule has 2 aliphatic heterocycles. The van der Waals surface area contributed by atoms with E-state index in [9.17, 15) is 18.4 Å². The van der Waals surface area contributed by atoms with Crippen LogP contribution in [0.5, 0.6) is 0 Å². The highest BCUT2D eigenvalue weighted by atomic mass is 19.3. The molecular formula is C14H22F2N2O3. The zero-order valence-electron chi connectivity index (χ0n) is 12.7. The van der Waals surface area contributed by atoms with Gasteiger partial charge in [-0.1, -0.05) is 0 Å². The number of likely N-dealkylation sites (tertiary alicyclic amines) is 1. The van der Waals surface area contributed by atoms with E-state index in [-0.39, 0.29) is 19.4 Å². The van der Waals surface area contributed by atoms with Crippen molar-refractivity contribution in [3.05, 3.63) is 0 Å². The van der Waals surface area contributed by atoms with Gasteiger partial charge < -0.3 is 15.0 Å². The average Bonchev–Trinajstić information content (AvgIpc) is 2.33. The molecule has 0 aliphatic carbocycles. The summed E-state index contributed by atoms with van der Waals surface area (Å²) in [4.78, 5) is 24.9. The fourth-order valence-electron chi connectivity index (χ4n) is 2.92. The van der Waals surface area contributed by atoms with Crippen LogP contribution in [-0.2, 0) is 9.53 Å². The second-order valence-electron chi connectivity index (χ2n) is 6.80. The predicted molar refractivity (Wildman–Crippen MR) is 72.0 cm³/mol. The zero-order chi connectivity index (χ0) is 15.9. The molecule has 2 fully saturated rings. The molecule has 1 spiro atoms. The SMILES string of the molecule is CC(C)(C)OC(=O)N1CCC2(CCCNC2=O)C(F)(F)C1. The molecule has 2 amide bonds. The molecule has 7 heteroatoms. The molecule has 0 bridgehead atoms. The first-order chi connectivity index (χ1) is 9.57. The van der Waals surface area contributed by atoms with E-state index in [1.165, 1.54) is 0 Å². The topological polar surface area (TPSA) is 58.6 Å². The minimum Gasteiger partial charge on any atom is -0.444 e. The van der Waals surface area contributed by atoms with Crippen LogP contribution in [0.3, 0.4) is 0 Å². The fourth-order valence-corrected chi connectivity index (χ4v) is 2.92. The molecule has 1 N–H and O–H groups in total. The van der Waals surface area contributed by atoms with Crippen molar-refractivity contribution < 1.29 is 23.1 Å². The average molecular weight is 304 g/mol. The summed E-state index contributed by atoms with van der Waals surface area (Å²) in [5, 5.41) is 2.53. The summed E-state index contributed by atoms with van der Waals surface area (Å²) < 4.78 is 34.2. The molecule has 0 radical (unpaired) electrons. The molecule has 120 valence electrons. The molecule has 0 aromatic carbocycles. The number of ether oxygens (including phenoxy) is 1. The highest BCUT2D eigenvalue weighted by molar-refractivity contribution is 5.85. The Bertz CT molecular complexity index is 448. The van der Waals surface area contributed by atoms with Gasteiger partial charge in [-0.3, -0.25) is 4.79 Å². The van der Waals surface area contributed by atoms with Crippen molar-refractivity contribution in [1.29, 1.82) is 0 Å². The smallest absolute Gasteiger partial charge is 0.410 e. The Labute approximate surface area is 123 Å². The number of carbonyl (C=O) groups is 2. The van der Waals surface area contributed by atoms with Crippen molar-refractivity contribution in [2.45, 2.75) is 51.6 Å². The quantitative estimate of drug-likeness (QED) is 0.746. The highest BCUT2D eigenvalue weighted by Crippen LogP contribution is 2.48. The summed E-state index contributed by atoms with van der Waals surface area (Å²) in [5.74, 6) is -3.84. The first kappa shape index (κ1) is 16.0. The van der Waals surface area contributed by atoms with Crippen LogP contribution < -0.4 is 5.32 Å². The second-order valence-corrected chi connectivity index (χ2v) is 6.80. The largest absolute Gasteiger partial charge is 0.444 e. The van der Waals surface area contributed by atoms with E-state index >= 15 is 0 Å². The third kappa shape index (κ3) is 2.96. The third-order valence-corrected chi connectivity index (χ3v) is 4.05. The molecule has 0 aromatic heterocycles. The van der Waals surface area contributed by atoms with E-state index in [4.69, 9.17) is 4.74 Å². The van der Waals surface area contributed by atoms with Crippen LogP contribution in [-0.4, -0.2) is 48.1 Å². The number of nitrogens with zero attached hydrogens (tertiary/aromatic N) is 1. The number of hydrogen-bond acceptors (Lipinski definition) is 3. The van der Waals surface area contributed by atoms with Crippen molar-refractivity contribution in [3.63, 3.8) is 0 Å². The number of nitrogens with one attached hydrogen (secondary N) is 1. The van der Waals surface area contributed by atoms with Gasteiger partial charge in [-0.05, 0) is 40.0 Å². The van der Waals surface area contributed by atoms with Gasteiger partial charge in [0.25, 0.3) is 5.92 Å². The van der Waals surface area contributed by atoms with Crippen LogP contribution in [0.15, 0.2) is 0 Å². The number of halogens is 2. The van der Waals surface area contributed by atoms with Crippen molar-refractivity contribution in [2.24, 2.45) is 5.41 Å². The Morgan fingerprint density at radius 2 is 2.00 bits per heavy atom. The molecule has 21 heavy (non-hydrogen) atoms. The first-order valence-electron chi connectivity index (χ1n) is 7.21. The maximum Gasteiger partial charge on any atom is 0.410 e. The summed E-state index contributed by atoms with van der Waals surface area (Å²) in [6, 6.07) is 0. The van der Waals surface area contributed by atoms with E-state index in [0.29, 0.717) is 13.0 Å². The van der Waals surface area contributed by atoms with Crippen molar-refractivity contribution in [1.82, 2.24) is 10.2 Å². The molecule has 1 unspecified atom stereocenters. The standard InChI is InChI=1S/C14H22F2N2O3/c1-12(2,3)21-11(20)18-8-6-13(14(15,16)9-18)5-4-7-17-10(13)19/h4-9H2,1-3H3,(H,17,19). The van der Waals surface area contributed by atoms with Crippen LogP contribution in [0.4, 0.5) is 13.6 Å². The van der Waals surface area contributed by atoms with E-state index in [0.717, 1.165) is 4.90 Å². The van der Waals surface area contributed by atoms with Crippen LogP contribution >= 0.6 is 0 Å². The Morgan fingerprint density at radius 1 is 1.33 bits per heavy atom. The molecule has 1 atom stereocenters. The summed E-state index contributed by atoms with van der Waals surface area (Å²) in [7, 11) is 0. The van der Waals surface area contributed by atoms with E-state index in [1.807, 2.05) is 0 Å². The number of rotatable bonds is 0. The molecule has 2 aliphatic rings. The van der Waals surface area contributed by atoms with Crippen LogP contribution in [0.2, 0.25) is 0 Å². The lowest BCUT2D eigenvalue weighted by molar-refractivity contribution is -0.187. The van der Waals surface area contributed by atoms with Gasteiger partial charge in [0, 0.05) is 13.1 Å². The predicted octanol–water partition coefficient (Wildman–Crippen LogP) is 2.16. The molecule has 0 aromatic rings. The lowest BCUT2D eigenvalue weighted by Crippen LogP contribution is -2.64. The molecule has 2 heterocycles. The maximum atomic E-state index is 14.5. The Kier molecular flexibility index (Phi) is 3.88. The van der Waals surface area contributed by atoms with Gasteiger partial charge in [-0.25, -0.2) is 13.6 Å². The normalized spacial score (nSPS) is 29.2. The summed E-state index contributed by atoms with van der Waals surface area (Å²) in [5.41, 5.74) is -2.41. The van der Waals surface area contributed by atoms with Crippen LogP contribution in [0.1, 0.15) is 40.0 Å². The Hall–Kier alpha value is -1.40. The number of piperidine rings is 2. The fraction of sp³-hybridized carbons (Fsp3) is 0.857. The van der Waals surface area contributed by atoms with Crippen molar-refractivity contribution in [2.75, 3.05) is 19.6 Å². The van der Waals surface area contributed by atoms with Gasteiger partial charge in [0.2, 0.25) is 5.91 Å². The monoisotopic (exact) mass is 304 g/mol. The molecule has 2 saturated heterocycles. The van der Waals surface area contributed by atoms with E-state index in [2.05, 4.69) is 5.32 Å². The van der Waals surface area contributed by atoms with E-state index in [1.54, 1.807) is 20.8 Å². The maximum absolute atomic E-state index is 14.5. The molecule has 0 saturated carbocycles. The second kappa shape index (κ2) is 5.10. The lowest BCUT2D eigenvalue weighted by Gasteiger charge is -2.47. The lowest BCUT2D eigenvalue weighted by atomic mass is 9.69. The van der Waals surface area contributed by atoms with E-state index < -0.39 is 35.5 Å². The Balaban J connectivity index is 2.12. The van der Waals surface area contributed by atoms with Crippen LogP contribution in [0.25, 0.3) is 0 Å². The summed E-state index contributed by atoms with van der Waals surface area (Å²) in [6.45, 7) is 4.83. The van der Waals surface area contributed by atoms with Gasteiger partial charge in [0.1, 0.15) is 11.0 Å². The van der Waals surface area contributed by atoms with Crippen molar-refractivity contribution in [3.8, 4) is 0 Å². The number of carbonyl (C=O) groups excluding carboxylic acids is 2. The highest BCUT2D eigenvalue weighted by Gasteiger charge is 2.62. The van der Waals surface area contributed by atoms with Gasteiger partial charge in [-0.2, -0.15) is 0 Å².